The Bertz CT molecular complexity index is 964. The molecule has 1 aromatic carbocycles. The van der Waals surface area contributed by atoms with Gasteiger partial charge in [-0.05, 0) is 39.8 Å². The second-order valence-electron chi connectivity index (χ2n) is 6.71. The van der Waals surface area contributed by atoms with Gasteiger partial charge in [0.25, 0.3) is 5.78 Å². The van der Waals surface area contributed by atoms with Crippen molar-refractivity contribution in [1.82, 2.24) is 24.9 Å². The van der Waals surface area contributed by atoms with Crippen molar-refractivity contribution in [2.75, 3.05) is 12.3 Å². The number of ether oxygens (including phenoxy) is 1. The molecule has 0 aliphatic heterocycles. The molecule has 8 heteroatoms. The summed E-state index contributed by atoms with van der Waals surface area (Å²) in [5.74, 6) is 1.28. The molecule has 1 atom stereocenters. The standard InChI is InChI=1S/C19H24N6O2/c1-11-5-7-15(8-6-11)27-10-12(2)21-17(26)9-16-13(3)22-19-23-18(20)24-25(19)14(16)4/h5-8,12H,9-10H2,1-4H3,(H2,20,24)(H,21,26)/t12-/m0/s1. The van der Waals surface area contributed by atoms with Gasteiger partial charge in [-0.15, -0.1) is 5.10 Å². The second-order valence-corrected chi connectivity index (χ2v) is 6.71. The van der Waals surface area contributed by atoms with Crippen molar-refractivity contribution >= 4 is 17.6 Å². The van der Waals surface area contributed by atoms with Gasteiger partial charge in [-0.3, -0.25) is 4.79 Å². The van der Waals surface area contributed by atoms with E-state index < -0.39 is 0 Å². The Morgan fingerprint density at radius 2 is 1.93 bits per heavy atom. The van der Waals surface area contributed by atoms with Gasteiger partial charge < -0.3 is 15.8 Å². The van der Waals surface area contributed by atoms with E-state index in [1.54, 1.807) is 4.52 Å². The molecule has 0 unspecified atom stereocenters. The zero-order chi connectivity index (χ0) is 19.6. The molecular formula is C19H24N6O2. The second kappa shape index (κ2) is 7.61. The summed E-state index contributed by atoms with van der Waals surface area (Å²) in [5.41, 5.74) is 9.18. The van der Waals surface area contributed by atoms with Crippen LogP contribution < -0.4 is 15.8 Å². The van der Waals surface area contributed by atoms with Crippen LogP contribution in [0.3, 0.4) is 0 Å². The fraction of sp³-hybridized carbons (Fsp3) is 0.368. The first-order valence-electron chi connectivity index (χ1n) is 8.80. The third-order valence-electron chi connectivity index (χ3n) is 4.33. The highest BCUT2D eigenvalue weighted by Crippen LogP contribution is 2.15. The average molecular weight is 368 g/mol. The summed E-state index contributed by atoms with van der Waals surface area (Å²) in [5, 5.41) is 7.08. The fourth-order valence-electron chi connectivity index (χ4n) is 2.86. The van der Waals surface area contributed by atoms with Gasteiger partial charge in [0.2, 0.25) is 11.9 Å². The number of aryl methyl sites for hydroxylation is 3. The molecule has 0 aliphatic carbocycles. The Balaban J connectivity index is 1.61. The number of carbonyl (C=O) groups excluding carboxylic acids is 1. The van der Waals surface area contributed by atoms with Crippen molar-refractivity contribution < 1.29 is 9.53 Å². The third-order valence-corrected chi connectivity index (χ3v) is 4.33. The highest BCUT2D eigenvalue weighted by Gasteiger charge is 2.16. The molecular weight excluding hydrogens is 344 g/mol. The molecule has 0 saturated carbocycles. The summed E-state index contributed by atoms with van der Waals surface area (Å²) in [7, 11) is 0. The molecule has 1 amide bonds. The van der Waals surface area contributed by atoms with Crippen molar-refractivity contribution in [3.63, 3.8) is 0 Å². The summed E-state index contributed by atoms with van der Waals surface area (Å²) in [6.07, 6.45) is 0.204. The lowest BCUT2D eigenvalue weighted by molar-refractivity contribution is -0.121. The maximum absolute atomic E-state index is 12.5. The zero-order valence-corrected chi connectivity index (χ0v) is 16.0. The Kier molecular flexibility index (Phi) is 5.25. The first kappa shape index (κ1) is 18.6. The topological polar surface area (TPSA) is 107 Å². The molecule has 0 bridgehead atoms. The van der Waals surface area contributed by atoms with Crippen LogP contribution in [0.2, 0.25) is 0 Å². The molecule has 27 heavy (non-hydrogen) atoms. The predicted molar refractivity (Wildman–Crippen MR) is 103 cm³/mol. The van der Waals surface area contributed by atoms with E-state index in [0.29, 0.717) is 12.4 Å². The van der Waals surface area contributed by atoms with Crippen molar-refractivity contribution in [2.24, 2.45) is 0 Å². The summed E-state index contributed by atoms with van der Waals surface area (Å²) < 4.78 is 7.28. The number of hydrogen-bond acceptors (Lipinski definition) is 6. The molecule has 3 rings (SSSR count). The van der Waals surface area contributed by atoms with E-state index >= 15 is 0 Å². The summed E-state index contributed by atoms with van der Waals surface area (Å²) >= 11 is 0. The first-order chi connectivity index (χ1) is 12.8. The minimum absolute atomic E-state index is 0.101. The van der Waals surface area contributed by atoms with Crippen LogP contribution in [0, 0.1) is 20.8 Å². The van der Waals surface area contributed by atoms with Crippen LogP contribution in [-0.2, 0) is 11.2 Å². The minimum Gasteiger partial charge on any atom is -0.491 e. The lowest BCUT2D eigenvalue weighted by Crippen LogP contribution is -2.38. The van der Waals surface area contributed by atoms with Gasteiger partial charge in [0.05, 0.1) is 12.5 Å². The van der Waals surface area contributed by atoms with Crippen LogP contribution in [0.1, 0.15) is 29.4 Å². The van der Waals surface area contributed by atoms with E-state index in [0.717, 1.165) is 22.7 Å². The highest BCUT2D eigenvalue weighted by atomic mass is 16.5. The highest BCUT2D eigenvalue weighted by molar-refractivity contribution is 5.79. The number of benzene rings is 1. The maximum atomic E-state index is 12.5. The maximum Gasteiger partial charge on any atom is 0.254 e. The third kappa shape index (κ3) is 4.33. The largest absolute Gasteiger partial charge is 0.491 e. The van der Waals surface area contributed by atoms with Crippen LogP contribution in [-0.4, -0.2) is 38.1 Å². The molecule has 0 spiro atoms. The average Bonchev–Trinajstić information content (AvgIpc) is 2.98. The van der Waals surface area contributed by atoms with Gasteiger partial charge in [0, 0.05) is 17.0 Å². The van der Waals surface area contributed by atoms with Crippen molar-refractivity contribution in [3.8, 4) is 5.75 Å². The first-order valence-corrected chi connectivity index (χ1v) is 8.80. The smallest absolute Gasteiger partial charge is 0.254 e. The number of rotatable bonds is 6. The van der Waals surface area contributed by atoms with E-state index in [2.05, 4.69) is 20.4 Å². The van der Waals surface area contributed by atoms with E-state index in [1.807, 2.05) is 52.0 Å². The fourth-order valence-corrected chi connectivity index (χ4v) is 2.86. The van der Waals surface area contributed by atoms with Gasteiger partial charge >= 0.3 is 0 Å². The minimum atomic E-state index is -0.127. The number of carbonyl (C=O) groups is 1. The summed E-state index contributed by atoms with van der Waals surface area (Å²) in [4.78, 5) is 20.9. The number of amides is 1. The molecule has 3 N–H and O–H groups in total. The van der Waals surface area contributed by atoms with Crippen molar-refractivity contribution in [2.45, 2.75) is 40.2 Å². The Hall–Kier alpha value is -3.16. The number of hydrogen-bond donors (Lipinski definition) is 2. The molecule has 2 aromatic heterocycles. The molecule has 2 heterocycles. The number of nitrogen functional groups attached to an aromatic ring is 1. The number of anilines is 1. The van der Waals surface area contributed by atoms with Crippen LogP contribution >= 0.6 is 0 Å². The SMILES string of the molecule is Cc1ccc(OC[C@H](C)NC(=O)Cc2c(C)nc3nc(N)nn3c2C)cc1. The van der Waals surface area contributed by atoms with E-state index in [-0.39, 0.29) is 24.3 Å². The number of fused-ring (bicyclic) bond motifs is 1. The van der Waals surface area contributed by atoms with E-state index in [9.17, 15) is 4.79 Å². The number of nitrogens with two attached hydrogens (primary N) is 1. The van der Waals surface area contributed by atoms with Crippen LogP contribution in [0.5, 0.6) is 5.75 Å². The summed E-state index contributed by atoms with van der Waals surface area (Å²) in [6.45, 7) is 8.05. The van der Waals surface area contributed by atoms with Gasteiger partial charge in [0.15, 0.2) is 0 Å². The molecule has 0 aliphatic rings. The van der Waals surface area contributed by atoms with Gasteiger partial charge in [0.1, 0.15) is 12.4 Å². The molecule has 8 nitrogen and oxygen atoms in total. The van der Waals surface area contributed by atoms with Gasteiger partial charge in [-0.25, -0.2) is 4.98 Å². The van der Waals surface area contributed by atoms with Gasteiger partial charge in [-0.1, -0.05) is 17.7 Å². The van der Waals surface area contributed by atoms with Crippen molar-refractivity contribution in [3.05, 3.63) is 46.8 Å². The molecule has 0 radical (unpaired) electrons. The zero-order valence-electron chi connectivity index (χ0n) is 16.0. The lowest BCUT2D eigenvalue weighted by Gasteiger charge is -2.16. The van der Waals surface area contributed by atoms with Crippen LogP contribution in [0.25, 0.3) is 5.78 Å². The Morgan fingerprint density at radius 1 is 1.22 bits per heavy atom. The lowest BCUT2D eigenvalue weighted by atomic mass is 10.1. The quantitative estimate of drug-likeness (QED) is 0.686. The molecule has 3 aromatic rings. The monoisotopic (exact) mass is 368 g/mol. The van der Waals surface area contributed by atoms with Gasteiger partial charge in [-0.2, -0.15) is 9.50 Å². The Labute approximate surface area is 157 Å². The van der Waals surface area contributed by atoms with E-state index in [4.69, 9.17) is 10.5 Å². The van der Waals surface area contributed by atoms with Crippen LogP contribution in [0.15, 0.2) is 24.3 Å². The number of nitrogens with zero attached hydrogens (tertiary/aromatic N) is 4. The molecule has 142 valence electrons. The number of aromatic nitrogens is 4. The number of nitrogens with one attached hydrogen (secondary N) is 1. The molecule has 0 saturated heterocycles. The molecule has 0 fully saturated rings. The van der Waals surface area contributed by atoms with Crippen LogP contribution in [0.4, 0.5) is 5.95 Å². The normalized spacial score (nSPS) is 12.1. The summed E-state index contributed by atoms with van der Waals surface area (Å²) in [6, 6.07) is 7.69. The Morgan fingerprint density at radius 3 is 2.63 bits per heavy atom. The predicted octanol–water partition coefficient (Wildman–Crippen LogP) is 1.76. The van der Waals surface area contributed by atoms with E-state index in [1.165, 1.54) is 5.56 Å². The van der Waals surface area contributed by atoms with Crippen molar-refractivity contribution in [1.29, 1.82) is 0 Å².